The van der Waals surface area contributed by atoms with Crippen molar-refractivity contribution >= 4 is 11.9 Å². The number of benzene rings is 3. The third-order valence-electron chi connectivity index (χ3n) is 8.56. The van der Waals surface area contributed by atoms with Gasteiger partial charge in [0.2, 0.25) is 0 Å². The lowest BCUT2D eigenvalue weighted by Crippen LogP contribution is -2.74. The second-order valence-electron chi connectivity index (χ2n) is 12.8. The summed E-state index contributed by atoms with van der Waals surface area (Å²) in [5.41, 5.74) is 0.946. The van der Waals surface area contributed by atoms with Crippen molar-refractivity contribution < 1.29 is 98.4 Å². The monoisotopic (exact) mass is 878 g/mol. The summed E-state index contributed by atoms with van der Waals surface area (Å²) in [5, 5.41) is 0. The van der Waals surface area contributed by atoms with Crippen LogP contribution in [-0.2, 0) is 4.74 Å². The highest BCUT2D eigenvalue weighted by Gasteiger charge is 2.95. The number of rotatable bonds is 20. The van der Waals surface area contributed by atoms with Crippen molar-refractivity contribution in [2.75, 3.05) is 13.2 Å². The van der Waals surface area contributed by atoms with Crippen molar-refractivity contribution in [1.82, 2.24) is 0 Å². The first-order valence-corrected chi connectivity index (χ1v) is 17.0. The van der Waals surface area contributed by atoms with E-state index in [0.29, 0.717) is 12.4 Å². The number of esters is 2. The highest BCUT2D eigenvalue weighted by Crippen LogP contribution is 2.64. The molecule has 0 saturated heterocycles. The lowest BCUT2D eigenvalue weighted by Gasteiger charge is -2.42. The summed E-state index contributed by atoms with van der Waals surface area (Å²) in [6.45, 7) is 0.588. The molecule has 0 aliphatic rings. The Labute approximate surface area is 323 Å². The Morgan fingerprint density at radius 2 is 0.864 bits per heavy atom. The van der Waals surface area contributed by atoms with Gasteiger partial charge in [0.15, 0.2) is 0 Å². The van der Waals surface area contributed by atoms with E-state index in [2.05, 4.69) is 11.7 Å². The smallest absolute Gasteiger partial charge is 0.460 e. The lowest BCUT2D eigenvalue weighted by molar-refractivity contribution is -0.461. The fraction of sp³-hybridized carbons (Fsp3) is 0.459. The van der Waals surface area contributed by atoms with Gasteiger partial charge in [-0.2, -0.15) is 74.6 Å². The first kappa shape index (κ1) is 48.6. The summed E-state index contributed by atoms with van der Waals surface area (Å²) < 4.78 is 244. The van der Waals surface area contributed by atoms with Gasteiger partial charge in [-0.25, -0.2) is 9.59 Å². The number of ether oxygens (including phenoxy) is 3. The van der Waals surface area contributed by atoms with E-state index in [1.54, 1.807) is 24.3 Å². The van der Waals surface area contributed by atoms with Crippen molar-refractivity contribution in [1.29, 1.82) is 0 Å². The molecule has 0 heterocycles. The van der Waals surface area contributed by atoms with Crippen LogP contribution in [0, 0.1) is 0 Å². The SMILES string of the molecule is CCCCCCCOc1ccc(-c2ccc(C(=O)Oc3ccc(C(=O)OCCC(F)(F)C(F)(F)C(F)(F)C(F)(F)C(F)(F)C(F)(F)C(F)(F)C(F)(F)F)cc3)cc2)cc1. The van der Waals surface area contributed by atoms with Gasteiger partial charge in [0, 0.05) is 0 Å². The van der Waals surface area contributed by atoms with Gasteiger partial charge < -0.3 is 14.2 Å². The molecule has 22 heteroatoms. The Hall–Kier alpha value is -4.79. The first-order chi connectivity index (χ1) is 27.0. The van der Waals surface area contributed by atoms with Crippen LogP contribution < -0.4 is 9.47 Å². The average Bonchev–Trinajstić information content (AvgIpc) is 3.15. The van der Waals surface area contributed by atoms with Crippen molar-refractivity contribution in [2.24, 2.45) is 0 Å². The maximum absolute atomic E-state index is 14.1. The number of carbonyl (C=O) groups excluding carboxylic acids is 2. The lowest BCUT2D eigenvalue weighted by atomic mass is 9.88. The summed E-state index contributed by atoms with van der Waals surface area (Å²) in [7, 11) is 0. The van der Waals surface area contributed by atoms with Crippen molar-refractivity contribution in [2.45, 2.75) is 93.1 Å². The van der Waals surface area contributed by atoms with Gasteiger partial charge in [-0.3, -0.25) is 0 Å². The van der Waals surface area contributed by atoms with Crippen LogP contribution in [0.1, 0.15) is 66.2 Å². The summed E-state index contributed by atoms with van der Waals surface area (Å²) in [4.78, 5) is 24.8. The van der Waals surface area contributed by atoms with E-state index >= 15 is 0 Å². The van der Waals surface area contributed by atoms with E-state index in [9.17, 15) is 84.2 Å². The zero-order chi connectivity index (χ0) is 44.9. The molecule has 59 heavy (non-hydrogen) atoms. The first-order valence-electron chi connectivity index (χ1n) is 17.0. The molecule has 3 aromatic carbocycles. The molecule has 328 valence electrons. The molecule has 0 amide bonds. The summed E-state index contributed by atoms with van der Waals surface area (Å²) in [5.74, 6) is -59.5. The van der Waals surface area contributed by atoms with Crippen LogP contribution in [0.5, 0.6) is 11.5 Å². The van der Waals surface area contributed by atoms with Crippen LogP contribution in [0.15, 0.2) is 72.8 Å². The van der Waals surface area contributed by atoms with E-state index in [1.807, 2.05) is 12.1 Å². The largest absolute Gasteiger partial charge is 0.494 e. The van der Waals surface area contributed by atoms with Crippen LogP contribution in [0.3, 0.4) is 0 Å². The molecule has 0 unspecified atom stereocenters. The van der Waals surface area contributed by atoms with E-state index in [-0.39, 0.29) is 11.3 Å². The quantitative estimate of drug-likeness (QED) is 0.0490. The topological polar surface area (TPSA) is 61.8 Å². The van der Waals surface area contributed by atoms with Gasteiger partial charge in [-0.1, -0.05) is 56.9 Å². The standard InChI is InChI=1S/C37H31F17O5/c1-2-3-4-5-6-20-57-26-15-11-23(12-16-26)22-7-9-25(10-8-22)29(56)59-27-17-13-24(14-18-27)28(55)58-21-19-30(38,39)31(40,41)32(42,43)33(44,45)34(46,47)35(48,49)36(50,51)37(52,53)54/h7-18H,2-6,19-21H2,1H3. The van der Waals surface area contributed by atoms with E-state index in [4.69, 9.17) is 9.47 Å². The highest BCUT2D eigenvalue weighted by molar-refractivity contribution is 5.92. The van der Waals surface area contributed by atoms with Gasteiger partial charge >= 0.3 is 59.6 Å². The minimum atomic E-state index is -8.74. The number of hydrogen-bond donors (Lipinski definition) is 0. The van der Waals surface area contributed by atoms with Crippen LogP contribution in [-0.4, -0.2) is 72.8 Å². The second kappa shape index (κ2) is 17.8. The molecule has 0 aliphatic heterocycles. The molecule has 0 N–H and O–H groups in total. The third-order valence-corrected chi connectivity index (χ3v) is 8.56. The Balaban J connectivity index is 1.59. The fourth-order valence-electron chi connectivity index (χ4n) is 4.97. The predicted octanol–water partition coefficient (Wildman–Crippen LogP) is 12.5. The molecular formula is C37H31F17O5. The second-order valence-corrected chi connectivity index (χ2v) is 12.8. The van der Waals surface area contributed by atoms with E-state index < -0.39 is 78.2 Å². The minimum absolute atomic E-state index is 0.0537. The summed E-state index contributed by atoms with van der Waals surface area (Å²) >= 11 is 0. The van der Waals surface area contributed by atoms with Gasteiger partial charge in [0.25, 0.3) is 0 Å². The van der Waals surface area contributed by atoms with E-state index in [0.717, 1.165) is 67.5 Å². The Kier molecular flexibility index (Phi) is 14.7. The zero-order valence-corrected chi connectivity index (χ0v) is 30.1. The van der Waals surface area contributed by atoms with Gasteiger partial charge in [-0.05, 0) is 66.1 Å². The van der Waals surface area contributed by atoms with Crippen LogP contribution in [0.4, 0.5) is 74.6 Å². The Morgan fingerprint density at radius 3 is 1.36 bits per heavy atom. The highest BCUT2D eigenvalue weighted by atomic mass is 19.4. The Bertz CT molecular complexity index is 1860. The van der Waals surface area contributed by atoms with Crippen molar-refractivity contribution in [3.8, 4) is 22.6 Å². The average molecular weight is 879 g/mol. The molecule has 0 atom stereocenters. The summed E-state index contributed by atoms with van der Waals surface area (Å²) in [6.07, 6.45) is -5.37. The zero-order valence-electron chi connectivity index (χ0n) is 30.1. The number of unbranched alkanes of at least 4 members (excludes halogenated alkanes) is 4. The molecule has 3 aromatic rings. The fourth-order valence-corrected chi connectivity index (χ4v) is 4.97. The molecule has 0 bridgehead atoms. The van der Waals surface area contributed by atoms with Crippen LogP contribution in [0.25, 0.3) is 11.1 Å². The molecule has 5 nitrogen and oxygen atoms in total. The predicted molar refractivity (Wildman–Crippen MR) is 173 cm³/mol. The molecule has 3 rings (SSSR count). The number of carbonyl (C=O) groups is 2. The molecule has 0 fully saturated rings. The maximum Gasteiger partial charge on any atom is 0.460 e. The normalized spacial score (nSPS) is 13.6. The molecule has 0 saturated carbocycles. The van der Waals surface area contributed by atoms with Crippen molar-refractivity contribution in [3.63, 3.8) is 0 Å². The molecule has 0 spiro atoms. The molecule has 0 aromatic heterocycles. The number of hydrogen-bond acceptors (Lipinski definition) is 5. The molecular weight excluding hydrogens is 847 g/mol. The number of halogens is 17. The van der Waals surface area contributed by atoms with Gasteiger partial charge in [0.05, 0.1) is 30.8 Å². The van der Waals surface area contributed by atoms with Gasteiger partial charge in [0.1, 0.15) is 11.5 Å². The van der Waals surface area contributed by atoms with Crippen LogP contribution >= 0.6 is 0 Å². The molecule has 0 aliphatic carbocycles. The maximum atomic E-state index is 14.1. The Morgan fingerprint density at radius 1 is 0.458 bits per heavy atom. The van der Waals surface area contributed by atoms with E-state index in [1.165, 1.54) is 12.1 Å². The van der Waals surface area contributed by atoms with Gasteiger partial charge in [-0.15, -0.1) is 0 Å². The van der Waals surface area contributed by atoms with Crippen molar-refractivity contribution in [3.05, 3.63) is 83.9 Å². The number of alkyl halides is 17. The minimum Gasteiger partial charge on any atom is -0.494 e. The molecule has 0 radical (unpaired) electrons. The summed E-state index contributed by atoms with van der Waals surface area (Å²) in [6, 6.07) is 16.7. The van der Waals surface area contributed by atoms with Crippen LogP contribution in [0.2, 0.25) is 0 Å². The third kappa shape index (κ3) is 9.82.